The molecular weight excluding hydrogens is 541 g/mol. The van der Waals surface area contributed by atoms with Crippen LogP contribution in [0.4, 0.5) is 18.9 Å². The largest absolute Gasteiger partial charge is 0.401 e. The molecule has 4 rings (SSSR count). The number of aryl methyl sites for hydroxylation is 2. The Morgan fingerprint density at radius 2 is 1.93 bits per heavy atom. The number of piperidine rings is 1. The molecule has 1 fully saturated rings. The number of thioether (sulfide) groups is 1. The Hall–Kier alpha value is -2.99. The quantitative estimate of drug-likeness (QED) is 0.360. The molecule has 0 aliphatic carbocycles. The van der Waals surface area contributed by atoms with E-state index in [2.05, 4.69) is 20.3 Å². The summed E-state index contributed by atoms with van der Waals surface area (Å²) >= 11 is 1.46. The van der Waals surface area contributed by atoms with Gasteiger partial charge in [0.1, 0.15) is 0 Å². The number of benzene rings is 1. The molecule has 0 atom stereocenters. The fourth-order valence-corrected chi connectivity index (χ4v) is 6.45. The van der Waals surface area contributed by atoms with Gasteiger partial charge in [0.15, 0.2) is 0 Å². The summed E-state index contributed by atoms with van der Waals surface area (Å²) in [4.78, 5) is 33.6. The molecule has 0 saturated carbocycles. The maximum absolute atomic E-state index is 13.7. The zero-order valence-corrected chi connectivity index (χ0v) is 24.4. The summed E-state index contributed by atoms with van der Waals surface area (Å²) in [5.74, 6) is -0.288. The number of hydrogen-bond acceptors (Lipinski definition) is 6. The molecule has 1 saturated heterocycles. The van der Waals surface area contributed by atoms with Gasteiger partial charge in [-0.05, 0) is 57.1 Å². The molecule has 2 N–H and O–H groups in total. The van der Waals surface area contributed by atoms with Gasteiger partial charge in [0.05, 0.1) is 23.9 Å². The highest BCUT2D eigenvalue weighted by molar-refractivity contribution is 7.98. The van der Waals surface area contributed by atoms with Crippen molar-refractivity contribution < 1.29 is 18.0 Å². The Bertz CT molecular complexity index is 1430. The summed E-state index contributed by atoms with van der Waals surface area (Å²) in [5.41, 5.74) is 4.12. The van der Waals surface area contributed by atoms with Gasteiger partial charge in [-0.15, -0.1) is 11.8 Å². The Morgan fingerprint density at radius 3 is 2.52 bits per heavy atom. The van der Waals surface area contributed by atoms with Gasteiger partial charge in [0.2, 0.25) is 0 Å². The first-order valence-corrected chi connectivity index (χ1v) is 14.8. The fourth-order valence-electron chi connectivity index (χ4n) is 5.74. The number of alkyl halides is 3. The van der Waals surface area contributed by atoms with Gasteiger partial charge in [-0.2, -0.15) is 18.3 Å². The van der Waals surface area contributed by atoms with Crippen molar-refractivity contribution in [3.8, 4) is 0 Å². The second kappa shape index (κ2) is 12.3. The molecule has 8 nitrogen and oxygen atoms in total. The molecule has 218 valence electrons. The minimum atomic E-state index is -4.21. The number of amides is 1. The number of H-pyrrole nitrogens is 1. The van der Waals surface area contributed by atoms with E-state index in [-0.39, 0.29) is 24.1 Å². The monoisotopic (exact) mass is 578 g/mol. The number of fused-ring (bicyclic) bond motifs is 1. The number of carbonyl (C=O) groups is 1. The van der Waals surface area contributed by atoms with E-state index in [1.165, 1.54) is 16.7 Å². The zero-order chi connectivity index (χ0) is 29.2. The van der Waals surface area contributed by atoms with Crippen molar-refractivity contribution >= 4 is 34.3 Å². The van der Waals surface area contributed by atoms with E-state index < -0.39 is 12.7 Å². The molecule has 40 heavy (non-hydrogen) atoms. The first kappa shape index (κ1) is 30.0. The molecule has 1 aromatic carbocycles. The second-order valence-corrected chi connectivity index (χ2v) is 11.1. The van der Waals surface area contributed by atoms with Gasteiger partial charge < -0.3 is 15.2 Å². The third-order valence-electron chi connectivity index (χ3n) is 7.63. The average molecular weight is 579 g/mol. The molecule has 12 heteroatoms. The van der Waals surface area contributed by atoms with Crippen molar-refractivity contribution in [2.75, 3.05) is 37.3 Å². The number of aromatic amines is 1. The number of pyridine rings is 1. The molecule has 0 unspecified atom stereocenters. The third kappa shape index (κ3) is 6.33. The number of aromatic nitrogens is 3. The standard InChI is InChI=1S/C28H37F3N6O2S/c1-6-19-20(26(38)32-14-22-24(40-5)12-17(3)34-27(22)39)13-23-21(15-33-35(23)4)25(19)37(7-2)18-8-10-36(11-9-18)16-28(29,30)31/h12-13,15,18H,6-11,14,16H2,1-5H3,(H,32,38)(H,34,39). The molecule has 3 aromatic rings. The number of hydrogen-bond donors (Lipinski definition) is 2. The Labute approximate surface area is 236 Å². The lowest BCUT2D eigenvalue weighted by Crippen LogP contribution is -2.47. The molecule has 0 radical (unpaired) electrons. The van der Waals surface area contributed by atoms with Crippen LogP contribution < -0.4 is 15.8 Å². The Morgan fingerprint density at radius 1 is 1.23 bits per heavy atom. The number of rotatable bonds is 9. The van der Waals surface area contributed by atoms with Crippen molar-refractivity contribution in [2.24, 2.45) is 7.05 Å². The van der Waals surface area contributed by atoms with Gasteiger partial charge in [-0.25, -0.2) is 0 Å². The van der Waals surface area contributed by atoms with E-state index in [1.54, 1.807) is 10.9 Å². The number of nitrogens with zero attached hydrogens (tertiary/aromatic N) is 4. The summed E-state index contributed by atoms with van der Waals surface area (Å²) in [6.45, 7) is 6.41. The van der Waals surface area contributed by atoms with E-state index in [4.69, 9.17) is 0 Å². The molecule has 2 aromatic heterocycles. The highest BCUT2D eigenvalue weighted by atomic mass is 32.2. The van der Waals surface area contributed by atoms with Crippen molar-refractivity contribution in [1.82, 2.24) is 25.0 Å². The lowest BCUT2D eigenvalue weighted by Gasteiger charge is -2.40. The van der Waals surface area contributed by atoms with Gasteiger partial charge in [-0.3, -0.25) is 19.2 Å². The van der Waals surface area contributed by atoms with Crippen LogP contribution >= 0.6 is 11.8 Å². The second-order valence-electron chi connectivity index (χ2n) is 10.2. The highest BCUT2D eigenvalue weighted by Crippen LogP contribution is 2.37. The number of likely N-dealkylation sites (tertiary alicyclic amines) is 1. The van der Waals surface area contributed by atoms with Crippen molar-refractivity contribution in [3.63, 3.8) is 0 Å². The Kier molecular flexibility index (Phi) is 9.19. The van der Waals surface area contributed by atoms with E-state index in [9.17, 15) is 22.8 Å². The van der Waals surface area contributed by atoms with Crippen LogP contribution in [0.25, 0.3) is 10.9 Å². The smallest absolute Gasteiger partial charge is 0.368 e. The van der Waals surface area contributed by atoms with Gasteiger partial charge >= 0.3 is 6.18 Å². The van der Waals surface area contributed by atoms with E-state index in [0.717, 1.165) is 32.7 Å². The molecule has 0 bridgehead atoms. The summed E-state index contributed by atoms with van der Waals surface area (Å²) in [5, 5.41) is 8.33. The topological polar surface area (TPSA) is 86.3 Å². The summed E-state index contributed by atoms with van der Waals surface area (Å²) in [6.07, 6.45) is 1.25. The van der Waals surface area contributed by atoms with Crippen LogP contribution in [0.15, 0.2) is 28.0 Å². The Balaban J connectivity index is 1.68. The zero-order valence-electron chi connectivity index (χ0n) is 23.6. The number of halogens is 3. The van der Waals surface area contributed by atoms with Crippen molar-refractivity contribution in [3.05, 3.63) is 51.1 Å². The van der Waals surface area contributed by atoms with E-state index >= 15 is 0 Å². The van der Waals surface area contributed by atoms with Crippen LogP contribution in [0, 0.1) is 6.92 Å². The van der Waals surface area contributed by atoms with Crippen LogP contribution in [0.1, 0.15) is 53.9 Å². The fraction of sp³-hybridized carbons (Fsp3) is 0.536. The normalized spacial score (nSPS) is 15.1. The highest BCUT2D eigenvalue weighted by Gasteiger charge is 2.34. The predicted molar refractivity (Wildman–Crippen MR) is 153 cm³/mol. The first-order chi connectivity index (χ1) is 19.0. The van der Waals surface area contributed by atoms with Crippen LogP contribution in [0.3, 0.4) is 0 Å². The lowest BCUT2D eigenvalue weighted by molar-refractivity contribution is -0.147. The minimum absolute atomic E-state index is 0.0387. The molecule has 0 spiro atoms. The molecule has 1 amide bonds. The maximum atomic E-state index is 13.7. The first-order valence-electron chi connectivity index (χ1n) is 13.6. The number of nitrogens with one attached hydrogen (secondary N) is 2. The third-order valence-corrected chi connectivity index (χ3v) is 8.44. The molecular formula is C28H37F3N6O2S. The van der Waals surface area contributed by atoms with Crippen LogP contribution in [0.5, 0.6) is 0 Å². The van der Waals surface area contributed by atoms with Crippen molar-refractivity contribution in [2.45, 2.75) is 63.7 Å². The summed E-state index contributed by atoms with van der Waals surface area (Å²) < 4.78 is 40.6. The maximum Gasteiger partial charge on any atom is 0.401 e. The minimum Gasteiger partial charge on any atom is -0.368 e. The van der Waals surface area contributed by atoms with Gasteiger partial charge in [-0.1, -0.05) is 6.92 Å². The lowest BCUT2D eigenvalue weighted by atomic mass is 9.95. The predicted octanol–water partition coefficient (Wildman–Crippen LogP) is 4.64. The van der Waals surface area contributed by atoms with Gasteiger partial charge in [0, 0.05) is 66.4 Å². The number of anilines is 1. The van der Waals surface area contributed by atoms with E-state index in [0.29, 0.717) is 50.0 Å². The van der Waals surface area contributed by atoms with Crippen molar-refractivity contribution in [1.29, 1.82) is 0 Å². The van der Waals surface area contributed by atoms with Crippen LogP contribution in [-0.4, -0.2) is 70.2 Å². The summed E-state index contributed by atoms with van der Waals surface area (Å²) in [6, 6.07) is 3.77. The van der Waals surface area contributed by atoms with Crippen LogP contribution in [0.2, 0.25) is 0 Å². The molecule has 1 aliphatic heterocycles. The summed E-state index contributed by atoms with van der Waals surface area (Å²) in [7, 11) is 1.82. The van der Waals surface area contributed by atoms with E-state index in [1.807, 2.05) is 46.2 Å². The average Bonchev–Trinajstić information content (AvgIpc) is 3.27. The van der Waals surface area contributed by atoms with Gasteiger partial charge in [0.25, 0.3) is 11.5 Å². The SMILES string of the molecule is CCc1c(C(=O)NCc2c(SC)cc(C)[nH]c2=O)cc2c(cnn2C)c1N(CC)C1CCN(CC(F)(F)F)CC1. The number of carbonyl (C=O) groups excluding carboxylic acids is 1. The molecule has 1 aliphatic rings. The van der Waals surface area contributed by atoms with Crippen LogP contribution in [-0.2, 0) is 20.0 Å². The molecule has 3 heterocycles.